The zero-order valence-electron chi connectivity index (χ0n) is 17.5. The van der Waals surface area contributed by atoms with E-state index in [2.05, 4.69) is 41.1 Å². The minimum absolute atomic E-state index is 0.105. The molecular formula is C23H26ClN5O. The van der Waals surface area contributed by atoms with E-state index in [9.17, 15) is 4.79 Å². The van der Waals surface area contributed by atoms with Gasteiger partial charge < -0.3 is 9.80 Å². The number of aromatic nitrogens is 2. The predicted octanol–water partition coefficient (Wildman–Crippen LogP) is 3.75. The highest BCUT2D eigenvalue weighted by Crippen LogP contribution is 2.27. The van der Waals surface area contributed by atoms with Crippen LogP contribution in [0.2, 0.25) is 5.02 Å². The van der Waals surface area contributed by atoms with Gasteiger partial charge >= 0.3 is 0 Å². The van der Waals surface area contributed by atoms with Gasteiger partial charge in [-0.15, -0.1) is 5.10 Å². The zero-order chi connectivity index (χ0) is 21.3. The second kappa shape index (κ2) is 8.58. The normalized spacial score (nSPS) is 19.8. The van der Waals surface area contributed by atoms with Crippen LogP contribution < -0.4 is 10.5 Å². The third-order valence-electron chi connectivity index (χ3n) is 5.81. The van der Waals surface area contributed by atoms with E-state index in [1.165, 1.54) is 10.4 Å². The summed E-state index contributed by atoms with van der Waals surface area (Å²) in [5.74, 6) is 0.881. The van der Waals surface area contributed by atoms with Crippen LogP contribution >= 0.6 is 11.6 Å². The van der Waals surface area contributed by atoms with Crippen LogP contribution in [-0.2, 0) is 7.05 Å². The molecule has 6 nitrogen and oxygen atoms in total. The number of fused-ring (bicyclic) bond motifs is 1. The van der Waals surface area contributed by atoms with Crippen LogP contribution in [-0.4, -0.2) is 54.1 Å². The van der Waals surface area contributed by atoms with E-state index >= 15 is 0 Å². The highest BCUT2D eigenvalue weighted by Gasteiger charge is 2.30. The van der Waals surface area contributed by atoms with Gasteiger partial charge in [-0.25, -0.2) is 9.67 Å². The number of piperidine rings is 1. The SMILES string of the molecule is CN(C)C1CN(c2ccc(Cl)cc2)CCC1C=Nc1nn(C)c(=O)c2ccccc12. The van der Waals surface area contributed by atoms with Crippen molar-refractivity contribution < 1.29 is 0 Å². The summed E-state index contributed by atoms with van der Waals surface area (Å²) >= 11 is 6.04. The number of aliphatic imine (C=N–C) groups is 1. The first kappa shape index (κ1) is 20.6. The Morgan fingerprint density at radius 2 is 1.83 bits per heavy atom. The Morgan fingerprint density at radius 1 is 1.13 bits per heavy atom. The fraction of sp³-hybridized carbons (Fsp3) is 0.348. The van der Waals surface area contributed by atoms with Crippen molar-refractivity contribution in [2.24, 2.45) is 18.0 Å². The molecule has 0 bridgehead atoms. The maximum absolute atomic E-state index is 12.3. The number of halogens is 1. The second-order valence-electron chi connectivity index (χ2n) is 7.98. The minimum atomic E-state index is -0.105. The van der Waals surface area contributed by atoms with Crippen LogP contribution in [0.15, 0.2) is 58.3 Å². The number of rotatable bonds is 4. The number of benzene rings is 2. The number of likely N-dealkylation sites (N-methyl/N-ethyl adjacent to an activating group) is 1. The third-order valence-corrected chi connectivity index (χ3v) is 6.07. The molecule has 156 valence electrons. The lowest BCUT2D eigenvalue weighted by Crippen LogP contribution is -2.51. The Bertz CT molecular complexity index is 1120. The van der Waals surface area contributed by atoms with Gasteiger partial charge in [0.25, 0.3) is 5.56 Å². The van der Waals surface area contributed by atoms with Gasteiger partial charge in [-0.2, -0.15) is 0 Å². The molecule has 1 aromatic heterocycles. The lowest BCUT2D eigenvalue weighted by atomic mass is 9.91. The number of hydrogen-bond donors (Lipinski definition) is 0. The van der Waals surface area contributed by atoms with Crippen LogP contribution in [0.25, 0.3) is 10.8 Å². The third kappa shape index (κ3) is 4.11. The first-order valence-corrected chi connectivity index (χ1v) is 10.5. The molecule has 30 heavy (non-hydrogen) atoms. The Morgan fingerprint density at radius 3 is 2.53 bits per heavy atom. The molecule has 2 atom stereocenters. The smallest absolute Gasteiger partial charge is 0.274 e. The van der Waals surface area contributed by atoms with Gasteiger partial charge in [0.2, 0.25) is 0 Å². The lowest BCUT2D eigenvalue weighted by Gasteiger charge is -2.41. The maximum Gasteiger partial charge on any atom is 0.274 e. The molecule has 0 spiro atoms. The summed E-state index contributed by atoms with van der Waals surface area (Å²) in [5.41, 5.74) is 1.08. The van der Waals surface area contributed by atoms with Crippen molar-refractivity contribution in [3.63, 3.8) is 0 Å². The number of aryl methyl sites for hydroxylation is 1. The van der Waals surface area contributed by atoms with Crippen molar-refractivity contribution in [3.8, 4) is 0 Å². The van der Waals surface area contributed by atoms with E-state index in [0.29, 0.717) is 23.2 Å². The highest BCUT2D eigenvalue weighted by atomic mass is 35.5. The molecule has 1 fully saturated rings. The van der Waals surface area contributed by atoms with Gasteiger partial charge in [0.15, 0.2) is 5.82 Å². The van der Waals surface area contributed by atoms with Crippen molar-refractivity contribution in [3.05, 3.63) is 63.9 Å². The molecule has 0 amide bonds. The van der Waals surface area contributed by atoms with E-state index in [4.69, 9.17) is 16.6 Å². The van der Waals surface area contributed by atoms with E-state index in [1.54, 1.807) is 7.05 Å². The molecule has 2 heterocycles. The molecular weight excluding hydrogens is 398 g/mol. The molecule has 2 unspecified atom stereocenters. The molecule has 4 rings (SSSR count). The fourth-order valence-electron chi connectivity index (χ4n) is 4.10. The van der Waals surface area contributed by atoms with Crippen molar-refractivity contribution in [1.82, 2.24) is 14.7 Å². The molecule has 1 saturated heterocycles. The number of anilines is 1. The molecule has 3 aromatic rings. The first-order chi connectivity index (χ1) is 14.4. The Labute approximate surface area is 181 Å². The van der Waals surface area contributed by atoms with Crippen molar-refractivity contribution in [2.45, 2.75) is 12.5 Å². The van der Waals surface area contributed by atoms with E-state index in [1.807, 2.05) is 42.6 Å². The van der Waals surface area contributed by atoms with Crippen molar-refractivity contribution in [1.29, 1.82) is 0 Å². The average Bonchev–Trinajstić information content (AvgIpc) is 2.76. The van der Waals surface area contributed by atoms with Crippen LogP contribution in [0, 0.1) is 5.92 Å². The molecule has 7 heteroatoms. The average molecular weight is 424 g/mol. The van der Waals surface area contributed by atoms with Crippen LogP contribution in [0.1, 0.15) is 6.42 Å². The van der Waals surface area contributed by atoms with E-state index < -0.39 is 0 Å². The van der Waals surface area contributed by atoms with E-state index in [0.717, 1.165) is 29.9 Å². The van der Waals surface area contributed by atoms with Crippen LogP contribution in [0.3, 0.4) is 0 Å². The summed E-state index contributed by atoms with van der Waals surface area (Å²) in [5, 5.41) is 6.58. The molecule has 0 N–H and O–H groups in total. The number of hydrogen-bond acceptors (Lipinski definition) is 5. The van der Waals surface area contributed by atoms with Crippen molar-refractivity contribution >= 4 is 40.1 Å². The Kier molecular flexibility index (Phi) is 5.88. The topological polar surface area (TPSA) is 53.7 Å². The first-order valence-electron chi connectivity index (χ1n) is 10.1. The highest BCUT2D eigenvalue weighted by molar-refractivity contribution is 6.30. The fourth-order valence-corrected chi connectivity index (χ4v) is 4.22. The Hall–Kier alpha value is -2.70. The predicted molar refractivity (Wildman–Crippen MR) is 124 cm³/mol. The second-order valence-corrected chi connectivity index (χ2v) is 8.42. The van der Waals surface area contributed by atoms with Gasteiger partial charge in [0.05, 0.1) is 5.39 Å². The zero-order valence-corrected chi connectivity index (χ0v) is 18.3. The number of nitrogens with zero attached hydrogens (tertiary/aromatic N) is 5. The molecule has 1 aliphatic rings. The lowest BCUT2D eigenvalue weighted by molar-refractivity contribution is 0.226. The van der Waals surface area contributed by atoms with Crippen LogP contribution in [0.5, 0.6) is 0 Å². The summed E-state index contributed by atoms with van der Waals surface area (Å²) in [4.78, 5) is 21.7. The monoisotopic (exact) mass is 423 g/mol. The van der Waals surface area contributed by atoms with E-state index in [-0.39, 0.29) is 5.56 Å². The minimum Gasteiger partial charge on any atom is -0.370 e. The standard InChI is InChI=1S/C23H26ClN5O/c1-27(2)21-15-29(18-10-8-17(24)9-11-18)13-12-16(21)14-25-22-19-6-4-5-7-20(19)23(30)28(3)26-22/h4-11,14,16,21H,12-13,15H2,1-3H3. The quantitative estimate of drug-likeness (QED) is 0.600. The maximum atomic E-state index is 12.3. The summed E-state index contributed by atoms with van der Waals surface area (Å²) in [6.07, 6.45) is 3.00. The molecule has 0 aliphatic carbocycles. The summed E-state index contributed by atoms with van der Waals surface area (Å²) in [6, 6.07) is 15.8. The van der Waals surface area contributed by atoms with Gasteiger partial charge in [-0.1, -0.05) is 29.8 Å². The van der Waals surface area contributed by atoms with Gasteiger partial charge in [-0.3, -0.25) is 4.79 Å². The summed E-state index contributed by atoms with van der Waals surface area (Å²) in [7, 11) is 5.88. The van der Waals surface area contributed by atoms with Crippen LogP contribution in [0.4, 0.5) is 11.5 Å². The van der Waals surface area contributed by atoms with Gasteiger partial charge in [0, 0.05) is 54.4 Å². The van der Waals surface area contributed by atoms with Gasteiger partial charge in [0.1, 0.15) is 0 Å². The van der Waals surface area contributed by atoms with Crippen molar-refractivity contribution in [2.75, 3.05) is 32.1 Å². The molecule has 0 radical (unpaired) electrons. The van der Waals surface area contributed by atoms with Gasteiger partial charge in [-0.05, 0) is 50.8 Å². The summed E-state index contributed by atoms with van der Waals surface area (Å²) < 4.78 is 1.36. The largest absolute Gasteiger partial charge is 0.370 e. The Balaban J connectivity index is 1.59. The molecule has 2 aromatic carbocycles. The molecule has 0 saturated carbocycles. The summed E-state index contributed by atoms with van der Waals surface area (Å²) in [6.45, 7) is 1.86. The molecule has 1 aliphatic heterocycles.